The summed E-state index contributed by atoms with van der Waals surface area (Å²) in [7, 11) is 0. The van der Waals surface area contributed by atoms with Crippen LogP contribution in [0.2, 0.25) is 0 Å². The third kappa shape index (κ3) is 8.01. The number of unbranched alkanes of at least 4 members (excludes halogenated alkanes) is 1. The normalized spacial score (nSPS) is 11.5. The average Bonchev–Trinajstić information content (AvgIpc) is 2.83. The summed E-state index contributed by atoms with van der Waals surface area (Å²) in [5.74, 6) is 0.555. The quantitative estimate of drug-likeness (QED) is 0.270. The number of benzene rings is 3. The summed E-state index contributed by atoms with van der Waals surface area (Å²) in [6.07, 6.45) is 0.361. The zero-order chi connectivity index (χ0) is 24.4. The Morgan fingerprint density at radius 1 is 0.824 bits per heavy atom. The van der Waals surface area contributed by atoms with Gasteiger partial charge < -0.3 is 14.8 Å². The van der Waals surface area contributed by atoms with Gasteiger partial charge in [-0.1, -0.05) is 62.4 Å². The molecule has 0 aromatic heterocycles. The maximum absolute atomic E-state index is 12.5. The maximum Gasteiger partial charge on any atom is 0.573 e. The molecule has 0 aliphatic heterocycles. The number of rotatable bonds is 12. The number of aryl methyl sites for hydroxylation is 1. The second-order valence-electron chi connectivity index (χ2n) is 8.21. The first-order valence-corrected chi connectivity index (χ1v) is 11.8. The SMILES string of the molecule is CCC(CC)Oc1ccc(-c2ccc(OC(F)(F)F)cc2)cc1NCCCCc1ccccc1. The van der Waals surface area contributed by atoms with E-state index < -0.39 is 6.36 Å². The standard InChI is InChI=1S/C28H32F3NO2/c1-3-24(4-2)33-27-18-15-23(22-13-16-25(17-14-22)34-28(29,30)31)20-26(27)32-19-9-8-12-21-10-6-5-7-11-21/h5-7,10-11,13-18,20,24,32H,3-4,8-9,12,19H2,1-2H3. The van der Waals surface area contributed by atoms with Gasteiger partial charge in [-0.3, -0.25) is 0 Å². The van der Waals surface area contributed by atoms with Gasteiger partial charge in [0.05, 0.1) is 11.8 Å². The molecule has 1 N–H and O–H groups in total. The molecule has 0 radical (unpaired) electrons. The third-order valence-corrected chi connectivity index (χ3v) is 5.66. The minimum atomic E-state index is -4.70. The highest BCUT2D eigenvalue weighted by Crippen LogP contribution is 2.33. The highest BCUT2D eigenvalue weighted by atomic mass is 19.4. The Hall–Kier alpha value is -3.15. The van der Waals surface area contributed by atoms with E-state index in [1.165, 1.54) is 17.7 Å². The highest BCUT2D eigenvalue weighted by molar-refractivity contribution is 5.72. The lowest BCUT2D eigenvalue weighted by Gasteiger charge is -2.20. The molecule has 0 unspecified atom stereocenters. The van der Waals surface area contributed by atoms with E-state index in [1.54, 1.807) is 12.1 Å². The molecule has 0 heterocycles. The largest absolute Gasteiger partial charge is 0.573 e. The molecule has 0 aliphatic carbocycles. The van der Waals surface area contributed by atoms with E-state index in [-0.39, 0.29) is 11.9 Å². The summed E-state index contributed by atoms with van der Waals surface area (Å²) < 4.78 is 47.6. The summed E-state index contributed by atoms with van der Waals surface area (Å²) in [6.45, 7) is 5.00. The molecule has 3 aromatic carbocycles. The monoisotopic (exact) mass is 471 g/mol. The molecule has 3 nitrogen and oxygen atoms in total. The Kier molecular flexibility index (Phi) is 9.25. The number of ether oxygens (including phenoxy) is 2. The number of alkyl halides is 3. The molecule has 0 atom stereocenters. The smallest absolute Gasteiger partial charge is 0.488 e. The van der Waals surface area contributed by atoms with Crippen molar-refractivity contribution >= 4 is 5.69 Å². The summed E-state index contributed by atoms with van der Waals surface area (Å²) in [5, 5.41) is 3.51. The van der Waals surface area contributed by atoms with Gasteiger partial charge in [0.25, 0.3) is 0 Å². The van der Waals surface area contributed by atoms with E-state index in [2.05, 4.69) is 48.2 Å². The Bertz CT molecular complexity index is 1000. The number of hydrogen-bond donors (Lipinski definition) is 1. The predicted molar refractivity (Wildman–Crippen MR) is 131 cm³/mol. The van der Waals surface area contributed by atoms with Crippen molar-refractivity contribution in [1.82, 2.24) is 0 Å². The van der Waals surface area contributed by atoms with E-state index in [4.69, 9.17) is 4.74 Å². The Balaban J connectivity index is 1.70. The molecular formula is C28H32F3NO2. The zero-order valence-corrected chi connectivity index (χ0v) is 19.7. The van der Waals surface area contributed by atoms with E-state index in [0.717, 1.165) is 61.2 Å². The van der Waals surface area contributed by atoms with Crippen LogP contribution in [0, 0.1) is 0 Å². The molecule has 0 saturated carbocycles. The zero-order valence-electron chi connectivity index (χ0n) is 19.7. The van der Waals surface area contributed by atoms with Gasteiger partial charge in [0.2, 0.25) is 0 Å². The first-order valence-electron chi connectivity index (χ1n) is 11.8. The minimum absolute atomic E-state index is 0.128. The number of hydrogen-bond acceptors (Lipinski definition) is 3. The van der Waals surface area contributed by atoms with Gasteiger partial charge in [0, 0.05) is 6.54 Å². The van der Waals surface area contributed by atoms with Crippen molar-refractivity contribution in [2.75, 3.05) is 11.9 Å². The lowest BCUT2D eigenvalue weighted by Crippen LogP contribution is -2.16. The van der Waals surface area contributed by atoms with Crippen molar-refractivity contribution in [2.45, 2.75) is 58.4 Å². The molecule has 34 heavy (non-hydrogen) atoms. The summed E-state index contributed by atoms with van der Waals surface area (Å²) in [5.41, 5.74) is 3.91. The Morgan fingerprint density at radius 2 is 1.50 bits per heavy atom. The van der Waals surface area contributed by atoms with E-state index >= 15 is 0 Å². The first kappa shape index (κ1) is 25.5. The lowest BCUT2D eigenvalue weighted by atomic mass is 10.0. The fraction of sp³-hybridized carbons (Fsp3) is 0.357. The Morgan fingerprint density at radius 3 is 2.15 bits per heavy atom. The van der Waals surface area contributed by atoms with E-state index in [9.17, 15) is 13.2 Å². The Labute approximate surface area is 199 Å². The summed E-state index contributed by atoms with van der Waals surface area (Å²) in [4.78, 5) is 0. The average molecular weight is 472 g/mol. The van der Waals surface area contributed by atoms with E-state index in [1.807, 2.05) is 24.3 Å². The van der Waals surface area contributed by atoms with Gasteiger partial charge in [0.15, 0.2) is 0 Å². The fourth-order valence-corrected chi connectivity index (χ4v) is 3.76. The fourth-order valence-electron chi connectivity index (χ4n) is 3.76. The molecule has 0 fully saturated rings. The molecule has 0 bridgehead atoms. The van der Waals surface area contributed by atoms with Crippen molar-refractivity contribution in [3.8, 4) is 22.6 Å². The molecule has 0 aliphatic rings. The van der Waals surface area contributed by atoms with Crippen LogP contribution in [0.5, 0.6) is 11.5 Å². The third-order valence-electron chi connectivity index (χ3n) is 5.66. The topological polar surface area (TPSA) is 30.5 Å². The van der Waals surface area contributed by atoms with Gasteiger partial charge in [-0.2, -0.15) is 0 Å². The van der Waals surface area contributed by atoms with Crippen molar-refractivity contribution in [2.24, 2.45) is 0 Å². The van der Waals surface area contributed by atoms with Crippen molar-refractivity contribution < 1.29 is 22.6 Å². The summed E-state index contributed by atoms with van der Waals surface area (Å²) >= 11 is 0. The van der Waals surface area contributed by atoms with Crippen molar-refractivity contribution in [3.05, 3.63) is 78.4 Å². The van der Waals surface area contributed by atoms with Crippen LogP contribution < -0.4 is 14.8 Å². The van der Waals surface area contributed by atoms with Crippen LogP contribution in [0.25, 0.3) is 11.1 Å². The molecular weight excluding hydrogens is 439 g/mol. The second kappa shape index (κ2) is 12.4. The second-order valence-corrected chi connectivity index (χ2v) is 8.21. The molecule has 0 amide bonds. The lowest BCUT2D eigenvalue weighted by molar-refractivity contribution is -0.274. The molecule has 182 valence electrons. The van der Waals surface area contributed by atoms with Crippen LogP contribution in [-0.4, -0.2) is 19.0 Å². The highest BCUT2D eigenvalue weighted by Gasteiger charge is 2.31. The molecule has 3 aromatic rings. The van der Waals surface area contributed by atoms with Crippen LogP contribution in [0.3, 0.4) is 0 Å². The van der Waals surface area contributed by atoms with Crippen LogP contribution in [-0.2, 0) is 6.42 Å². The van der Waals surface area contributed by atoms with Gasteiger partial charge in [-0.15, -0.1) is 13.2 Å². The maximum atomic E-state index is 12.5. The van der Waals surface area contributed by atoms with Crippen LogP contribution in [0.4, 0.5) is 18.9 Å². The van der Waals surface area contributed by atoms with Gasteiger partial charge in [0.1, 0.15) is 11.5 Å². The number of anilines is 1. The van der Waals surface area contributed by atoms with E-state index in [0.29, 0.717) is 0 Å². The number of nitrogens with one attached hydrogen (secondary N) is 1. The molecule has 0 saturated heterocycles. The molecule has 3 rings (SSSR count). The van der Waals surface area contributed by atoms with Crippen LogP contribution in [0.1, 0.15) is 45.1 Å². The molecule has 0 spiro atoms. The van der Waals surface area contributed by atoms with Crippen LogP contribution >= 0.6 is 0 Å². The van der Waals surface area contributed by atoms with Crippen molar-refractivity contribution in [1.29, 1.82) is 0 Å². The molecule has 6 heteroatoms. The van der Waals surface area contributed by atoms with Gasteiger partial charge in [-0.05, 0) is 73.1 Å². The predicted octanol–water partition coefficient (Wildman–Crippen LogP) is 8.25. The summed E-state index contributed by atoms with van der Waals surface area (Å²) in [6, 6.07) is 22.2. The van der Waals surface area contributed by atoms with Gasteiger partial charge >= 0.3 is 6.36 Å². The minimum Gasteiger partial charge on any atom is -0.488 e. The number of halogens is 3. The van der Waals surface area contributed by atoms with Crippen molar-refractivity contribution in [3.63, 3.8) is 0 Å². The van der Waals surface area contributed by atoms with Crippen LogP contribution in [0.15, 0.2) is 72.8 Å². The first-order chi connectivity index (χ1) is 16.4. The van der Waals surface area contributed by atoms with Gasteiger partial charge in [-0.25, -0.2) is 0 Å².